The molecule has 0 atom stereocenters. The molecule has 1 amide bonds. The van der Waals surface area contributed by atoms with E-state index in [2.05, 4.69) is 27.5 Å². The van der Waals surface area contributed by atoms with Crippen LogP contribution in [0.3, 0.4) is 0 Å². The van der Waals surface area contributed by atoms with Crippen LogP contribution in [0.1, 0.15) is 46.6 Å². The molecule has 0 aliphatic heterocycles. The highest BCUT2D eigenvalue weighted by Gasteiger charge is 2.12. The molecule has 0 radical (unpaired) electrons. The van der Waals surface area contributed by atoms with Gasteiger partial charge in [0.1, 0.15) is 5.01 Å². The van der Waals surface area contributed by atoms with Gasteiger partial charge in [-0.25, -0.2) is 4.98 Å². The second-order valence-electron chi connectivity index (χ2n) is 6.03. The van der Waals surface area contributed by atoms with Crippen molar-refractivity contribution < 1.29 is 4.79 Å². The van der Waals surface area contributed by atoms with E-state index in [1.165, 1.54) is 4.88 Å². The van der Waals surface area contributed by atoms with Crippen LogP contribution in [0.2, 0.25) is 0 Å². The van der Waals surface area contributed by atoms with Gasteiger partial charge in [0.25, 0.3) is 5.91 Å². The number of amides is 1. The maximum Gasteiger partial charge on any atom is 0.253 e. The lowest BCUT2D eigenvalue weighted by Crippen LogP contribution is -2.36. The number of aliphatic imine (C=N–C) groups is 1. The lowest BCUT2D eigenvalue weighted by atomic mass is 10.1. The van der Waals surface area contributed by atoms with E-state index < -0.39 is 0 Å². The first kappa shape index (κ1) is 20.9. The van der Waals surface area contributed by atoms with E-state index in [1.807, 2.05) is 49.2 Å². The average Bonchev–Trinajstić information content (AvgIpc) is 3.17. The van der Waals surface area contributed by atoms with E-state index in [4.69, 9.17) is 0 Å². The Morgan fingerprint density at radius 3 is 2.33 bits per heavy atom. The molecule has 27 heavy (non-hydrogen) atoms. The third-order valence-corrected chi connectivity index (χ3v) is 5.43. The second kappa shape index (κ2) is 10.7. The van der Waals surface area contributed by atoms with E-state index in [9.17, 15) is 4.79 Å². The minimum Gasteiger partial charge on any atom is -0.352 e. The first-order valence-corrected chi connectivity index (χ1v) is 10.2. The van der Waals surface area contributed by atoms with Gasteiger partial charge in [0.2, 0.25) is 0 Å². The number of nitrogens with one attached hydrogen (secondary N) is 2. The minimum absolute atomic E-state index is 0.0758. The topological polar surface area (TPSA) is 69.6 Å². The smallest absolute Gasteiger partial charge is 0.253 e. The number of nitrogens with zero attached hydrogens (tertiary/aromatic N) is 3. The molecule has 1 heterocycles. The number of guanidine groups is 1. The number of benzene rings is 1. The van der Waals surface area contributed by atoms with Gasteiger partial charge in [-0.15, -0.1) is 11.3 Å². The molecule has 0 aliphatic rings. The summed E-state index contributed by atoms with van der Waals surface area (Å²) in [6, 6.07) is 7.72. The molecule has 2 N–H and O–H groups in total. The van der Waals surface area contributed by atoms with Gasteiger partial charge >= 0.3 is 0 Å². The van der Waals surface area contributed by atoms with Crippen molar-refractivity contribution in [1.82, 2.24) is 20.5 Å². The molecule has 6 nitrogen and oxygen atoms in total. The van der Waals surface area contributed by atoms with E-state index in [-0.39, 0.29) is 5.91 Å². The largest absolute Gasteiger partial charge is 0.352 e. The van der Waals surface area contributed by atoms with Crippen molar-refractivity contribution >= 4 is 23.2 Å². The van der Waals surface area contributed by atoms with Gasteiger partial charge in [0, 0.05) is 43.3 Å². The van der Waals surface area contributed by atoms with Crippen LogP contribution in [-0.4, -0.2) is 41.9 Å². The van der Waals surface area contributed by atoms with Crippen molar-refractivity contribution in [3.05, 3.63) is 51.5 Å². The molecule has 0 unspecified atom stereocenters. The van der Waals surface area contributed by atoms with Crippen molar-refractivity contribution in [2.75, 3.05) is 20.1 Å². The third kappa shape index (κ3) is 6.06. The van der Waals surface area contributed by atoms with Gasteiger partial charge in [-0.2, -0.15) is 0 Å². The number of rotatable bonds is 8. The van der Waals surface area contributed by atoms with Gasteiger partial charge in [0.15, 0.2) is 5.96 Å². The van der Waals surface area contributed by atoms with Crippen molar-refractivity contribution in [3.8, 4) is 0 Å². The lowest BCUT2D eigenvalue weighted by Gasteiger charge is -2.18. The number of hydrogen-bond donors (Lipinski definition) is 2. The summed E-state index contributed by atoms with van der Waals surface area (Å²) in [6.07, 6.45) is 2.94. The molecule has 0 fully saturated rings. The molecule has 1 aromatic carbocycles. The number of aryl methyl sites for hydroxylation is 1. The quantitative estimate of drug-likeness (QED) is 0.540. The zero-order valence-corrected chi connectivity index (χ0v) is 17.4. The minimum atomic E-state index is 0.0758. The van der Waals surface area contributed by atoms with E-state index in [1.54, 1.807) is 18.4 Å². The van der Waals surface area contributed by atoms with Crippen molar-refractivity contribution in [2.45, 2.75) is 40.3 Å². The fourth-order valence-corrected chi connectivity index (χ4v) is 3.42. The molecular weight excluding hydrogens is 358 g/mol. The molecule has 1 aromatic heterocycles. The lowest BCUT2D eigenvalue weighted by molar-refractivity contribution is 0.0773. The number of carbonyl (C=O) groups excluding carboxylic acids is 1. The Labute approximate surface area is 165 Å². The predicted octanol–water partition coefficient (Wildman–Crippen LogP) is 3.05. The van der Waals surface area contributed by atoms with Gasteiger partial charge in [-0.05, 0) is 38.0 Å². The highest BCUT2D eigenvalue weighted by molar-refractivity contribution is 7.11. The third-order valence-electron chi connectivity index (χ3n) is 4.29. The Balaban J connectivity index is 1.86. The molecule has 0 saturated heterocycles. The summed E-state index contributed by atoms with van der Waals surface area (Å²) in [5.74, 6) is 0.804. The molecule has 0 saturated carbocycles. The standard InChI is InChI=1S/C20H29N5OS/c1-5-17-13-22-18(27-17)14-24-20(21-4)23-12-15-8-10-16(11-9-15)19(26)25(6-2)7-3/h8-11,13H,5-7,12,14H2,1-4H3,(H2,21,23,24). The summed E-state index contributed by atoms with van der Waals surface area (Å²) >= 11 is 1.72. The zero-order chi connectivity index (χ0) is 19.6. The Hall–Kier alpha value is -2.41. The van der Waals surface area contributed by atoms with Crippen LogP contribution >= 0.6 is 11.3 Å². The number of aromatic nitrogens is 1. The molecule has 2 aromatic rings. The van der Waals surface area contributed by atoms with Crippen LogP contribution in [0.15, 0.2) is 35.5 Å². The summed E-state index contributed by atoms with van der Waals surface area (Å²) in [6.45, 7) is 8.85. The van der Waals surface area contributed by atoms with E-state index in [0.29, 0.717) is 13.1 Å². The van der Waals surface area contributed by atoms with Crippen LogP contribution in [-0.2, 0) is 19.5 Å². The number of thiazole rings is 1. The summed E-state index contributed by atoms with van der Waals surface area (Å²) < 4.78 is 0. The Morgan fingerprint density at radius 1 is 1.11 bits per heavy atom. The van der Waals surface area contributed by atoms with Crippen LogP contribution in [0, 0.1) is 0 Å². The zero-order valence-electron chi connectivity index (χ0n) is 16.6. The van der Waals surface area contributed by atoms with Crippen LogP contribution < -0.4 is 10.6 Å². The van der Waals surface area contributed by atoms with Gasteiger partial charge < -0.3 is 15.5 Å². The Kier molecular flexibility index (Phi) is 8.26. The van der Waals surface area contributed by atoms with Gasteiger partial charge in [-0.1, -0.05) is 19.1 Å². The van der Waals surface area contributed by atoms with E-state index in [0.717, 1.165) is 41.6 Å². The molecule has 0 bridgehead atoms. The summed E-state index contributed by atoms with van der Waals surface area (Å²) in [5, 5.41) is 7.62. The first-order valence-electron chi connectivity index (χ1n) is 9.37. The van der Waals surface area contributed by atoms with Crippen LogP contribution in [0.5, 0.6) is 0 Å². The Bertz CT molecular complexity index is 750. The fraction of sp³-hybridized carbons (Fsp3) is 0.450. The normalized spacial score (nSPS) is 11.3. The Morgan fingerprint density at radius 2 is 1.78 bits per heavy atom. The molecule has 0 spiro atoms. The van der Waals surface area contributed by atoms with Crippen LogP contribution in [0.4, 0.5) is 0 Å². The van der Waals surface area contributed by atoms with E-state index >= 15 is 0 Å². The predicted molar refractivity (Wildman–Crippen MR) is 112 cm³/mol. The summed E-state index contributed by atoms with van der Waals surface area (Å²) in [4.78, 5) is 24.1. The monoisotopic (exact) mass is 387 g/mol. The van der Waals surface area contributed by atoms with Crippen molar-refractivity contribution in [2.24, 2.45) is 4.99 Å². The highest BCUT2D eigenvalue weighted by atomic mass is 32.1. The van der Waals surface area contributed by atoms with Crippen molar-refractivity contribution in [1.29, 1.82) is 0 Å². The number of hydrogen-bond acceptors (Lipinski definition) is 4. The molecule has 0 aliphatic carbocycles. The van der Waals surface area contributed by atoms with Gasteiger partial charge in [0.05, 0.1) is 6.54 Å². The summed E-state index contributed by atoms with van der Waals surface area (Å²) in [5.41, 5.74) is 1.82. The molecule has 146 valence electrons. The highest BCUT2D eigenvalue weighted by Crippen LogP contribution is 2.12. The maximum absolute atomic E-state index is 12.4. The molecular formula is C20H29N5OS. The van der Waals surface area contributed by atoms with Gasteiger partial charge in [-0.3, -0.25) is 9.79 Å². The van der Waals surface area contributed by atoms with Crippen molar-refractivity contribution in [3.63, 3.8) is 0 Å². The first-order chi connectivity index (χ1) is 13.1. The second-order valence-corrected chi connectivity index (χ2v) is 7.23. The van der Waals surface area contributed by atoms with Crippen LogP contribution in [0.25, 0.3) is 0 Å². The fourth-order valence-electron chi connectivity index (χ4n) is 2.62. The molecule has 2 rings (SSSR count). The SMILES string of the molecule is CCc1cnc(CNC(=NC)NCc2ccc(C(=O)N(CC)CC)cc2)s1. The number of carbonyl (C=O) groups is 1. The maximum atomic E-state index is 12.4. The molecule has 7 heteroatoms. The average molecular weight is 388 g/mol. The summed E-state index contributed by atoms with van der Waals surface area (Å²) in [7, 11) is 1.75.